The smallest absolute Gasteiger partial charge is 0.325 e. The molecule has 12 nitrogen and oxygen atoms in total. The number of carboxylic acids is 1. The van der Waals surface area contributed by atoms with Gasteiger partial charge in [-0.25, -0.2) is 0 Å². The Morgan fingerprint density at radius 1 is 1.06 bits per heavy atom. The predicted molar refractivity (Wildman–Crippen MR) is 118 cm³/mol. The Kier molecular flexibility index (Phi) is 11.2. The molecular formula is C20H31N7O5. The highest BCUT2D eigenvalue weighted by Crippen LogP contribution is 2.02. The largest absolute Gasteiger partial charge is 0.480 e. The van der Waals surface area contributed by atoms with Crippen molar-refractivity contribution in [2.45, 2.75) is 44.3 Å². The van der Waals surface area contributed by atoms with Crippen LogP contribution in [0.25, 0.3) is 0 Å². The molecule has 12 heteroatoms. The standard InChI is InChI=1S/C20H31N7O5/c1-12(19(31)32)26-18(30)15(8-5-9-24-20(22)23)27-16(28)11-25-17(29)14(21)10-13-6-3-2-4-7-13/h2-4,6-7,12,14-15H,5,8-11,21H2,1H3,(H,25,29)(H,26,30)(H,27,28)(H,31,32)(H4,22,23,24)/t12-,14-,15-/m0/s1. The first kappa shape index (κ1) is 26.4. The van der Waals surface area contributed by atoms with Crippen molar-refractivity contribution in [1.29, 1.82) is 0 Å². The zero-order valence-corrected chi connectivity index (χ0v) is 17.9. The molecule has 0 fully saturated rings. The van der Waals surface area contributed by atoms with Crippen LogP contribution in [0.5, 0.6) is 0 Å². The second-order valence-electron chi connectivity index (χ2n) is 7.15. The van der Waals surface area contributed by atoms with E-state index in [9.17, 15) is 19.2 Å². The number of rotatable bonds is 13. The fraction of sp³-hybridized carbons (Fsp3) is 0.450. The molecule has 0 unspecified atom stereocenters. The maximum absolute atomic E-state index is 12.4. The molecule has 176 valence electrons. The van der Waals surface area contributed by atoms with Gasteiger partial charge in [0.15, 0.2) is 5.96 Å². The Bertz CT molecular complexity index is 812. The van der Waals surface area contributed by atoms with Crippen molar-refractivity contribution in [3.05, 3.63) is 35.9 Å². The summed E-state index contributed by atoms with van der Waals surface area (Å²) >= 11 is 0. The van der Waals surface area contributed by atoms with E-state index < -0.39 is 48.4 Å². The maximum Gasteiger partial charge on any atom is 0.325 e. The molecule has 3 amide bonds. The maximum atomic E-state index is 12.4. The summed E-state index contributed by atoms with van der Waals surface area (Å²) in [5.41, 5.74) is 17.3. The van der Waals surface area contributed by atoms with Gasteiger partial charge in [0.25, 0.3) is 0 Å². The van der Waals surface area contributed by atoms with Gasteiger partial charge in [-0.3, -0.25) is 24.2 Å². The Morgan fingerprint density at radius 3 is 2.31 bits per heavy atom. The number of nitrogens with one attached hydrogen (secondary N) is 3. The Balaban J connectivity index is 2.60. The molecule has 1 aromatic rings. The number of aliphatic imine (C=N–C) groups is 1. The van der Waals surface area contributed by atoms with E-state index in [1.54, 1.807) is 0 Å². The van der Waals surface area contributed by atoms with E-state index in [2.05, 4.69) is 20.9 Å². The summed E-state index contributed by atoms with van der Waals surface area (Å²) in [5.74, 6) is -3.15. The number of carboxylic acid groups (broad SMARTS) is 1. The van der Waals surface area contributed by atoms with E-state index in [1.807, 2.05) is 30.3 Å². The van der Waals surface area contributed by atoms with Crippen LogP contribution >= 0.6 is 0 Å². The summed E-state index contributed by atoms with van der Waals surface area (Å²) in [6, 6.07) is 6.16. The number of carbonyl (C=O) groups excluding carboxylic acids is 3. The van der Waals surface area contributed by atoms with Crippen LogP contribution < -0.4 is 33.2 Å². The number of hydrogen-bond acceptors (Lipinski definition) is 6. The third-order valence-electron chi connectivity index (χ3n) is 4.38. The lowest BCUT2D eigenvalue weighted by Gasteiger charge is -2.20. The van der Waals surface area contributed by atoms with E-state index in [0.29, 0.717) is 12.8 Å². The molecule has 10 N–H and O–H groups in total. The minimum absolute atomic E-state index is 0.107. The van der Waals surface area contributed by atoms with Gasteiger partial charge in [0, 0.05) is 6.54 Å². The van der Waals surface area contributed by atoms with E-state index in [4.69, 9.17) is 22.3 Å². The molecule has 0 spiro atoms. The lowest BCUT2D eigenvalue weighted by Crippen LogP contribution is -2.53. The summed E-state index contributed by atoms with van der Waals surface area (Å²) in [6.45, 7) is 1.13. The van der Waals surface area contributed by atoms with Gasteiger partial charge in [-0.05, 0) is 31.7 Å². The van der Waals surface area contributed by atoms with Crippen LogP contribution in [-0.4, -0.2) is 66.0 Å². The topological polar surface area (TPSA) is 215 Å². The number of amides is 3. The molecule has 32 heavy (non-hydrogen) atoms. The van der Waals surface area contributed by atoms with Crippen LogP contribution in [0.4, 0.5) is 0 Å². The molecule has 0 aliphatic carbocycles. The number of nitrogens with zero attached hydrogens (tertiary/aromatic N) is 1. The monoisotopic (exact) mass is 449 g/mol. The van der Waals surface area contributed by atoms with Gasteiger partial charge in [0.2, 0.25) is 17.7 Å². The Hall–Kier alpha value is -3.67. The van der Waals surface area contributed by atoms with Gasteiger partial charge >= 0.3 is 5.97 Å². The molecule has 0 radical (unpaired) electrons. The number of carbonyl (C=O) groups is 4. The van der Waals surface area contributed by atoms with E-state index in [1.165, 1.54) is 6.92 Å². The van der Waals surface area contributed by atoms with Crippen LogP contribution in [0.1, 0.15) is 25.3 Å². The Labute approximate surface area is 186 Å². The van der Waals surface area contributed by atoms with Gasteiger partial charge in [0.05, 0.1) is 12.6 Å². The normalized spacial score (nSPS) is 13.2. The number of benzene rings is 1. The third kappa shape index (κ3) is 10.4. The van der Waals surface area contributed by atoms with Crippen molar-refractivity contribution in [3.63, 3.8) is 0 Å². The van der Waals surface area contributed by atoms with Crippen molar-refractivity contribution < 1.29 is 24.3 Å². The number of nitrogens with two attached hydrogens (primary N) is 3. The second kappa shape index (κ2) is 13.6. The first-order chi connectivity index (χ1) is 15.1. The van der Waals surface area contributed by atoms with Crippen molar-refractivity contribution in [3.8, 4) is 0 Å². The average molecular weight is 450 g/mol. The van der Waals surface area contributed by atoms with Crippen LogP contribution in [0, 0.1) is 0 Å². The van der Waals surface area contributed by atoms with Crippen molar-refractivity contribution in [2.24, 2.45) is 22.2 Å². The minimum atomic E-state index is -1.22. The summed E-state index contributed by atoms with van der Waals surface area (Å²) in [5, 5.41) is 16.2. The highest BCUT2D eigenvalue weighted by molar-refractivity contribution is 5.92. The quantitative estimate of drug-likeness (QED) is 0.0993. The lowest BCUT2D eigenvalue weighted by atomic mass is 10.1. The third-order valence-corrected chi connectivity index (χ3v) is 4.38. The van der Waals surface area contributed by atoms with E-state index >= 15 is 0 Å². The molecular weight excluding hydrogens is 418 g/mol. The van der Waals surface area contributed by atoms with E-state index in [0.717, 1.165) is 5.56 Å². The van der Waals surface area contributed by atoms with Crippen LogP contribution in [0.3, 0.4) is 0 Å². The molecule has 0 heterocycles. The Morgan fingerprint density at radius 2 is 1.72 bits per heavy atom. The molecule has 3 atom stereocenters. The first-order valence-corrected chi connectivity index (χ1v) is 10.0. The molecule has 1 rings (SSSR count). The highest BCUT2D eigenvalue weighted by atomic mass is 16.4. The van der Waals surface area contributed by atoms with Gasteiger partial charge in [-0.1, -0.05) is 30.3 Å². The van der Waals surface area contributed by atoms with Crippen molar-refractivity contribution in [2.75, 3.05) is 13.1 Å². The number of hydrogen-bond donors (Lipinski definition) is 7. The minimum Gasteiger partial charge on any atom is -0.480 e. The van der Waals surface area contributed by atoms with Gasteiger partial charge in [0.1, 0.15) is 12.1 Å². The zero-order valence-electron chi connectivity index (χ0n) is 17.9. The number of aliphatic carboxylic acids is 1. The molecule has 0 aliphatic heterocycles. The highest BCUT2D eigenvalue weighted by Gasteiger charge is 2.24. The van der Waals surface area contributed by atoms with Crippen LogP contribution in [0.15, 0.2) is 35.3 Å². The predicted octanol–water partition coefficient (Wildman–Crippen LogP) is -2.20. The van der Waals surface area contributed by atoms with Crippen LogP contribution in [0.2, 0.25) is 0 Å². The van der Waals surface area contributed by atoms with Crippen LogP contribution in [-0.2, 0) is 25.6 Å². The molecule has 0 aromatic heterocycles. The zero-order chi connectivity index (χ0) is 24.1. The van der Waals surface area contributed by atoms with Crippen molar-refractivity contribution in [1.82, 2.24) is 16.0 Å². The summed E-state index contributed by atoms with van der Waals surface area (Å²) in [6.07, 6.45) is 0.811. The number of guanidine groups is 1. The molecule has 0 saturated carbocycles. The lowest BCUT2D eigenvalue weighted by molar-refractivity contribution is -0.141. The molecule has 0 saturated heterocycles. The fourth-order valence-electron chi connectivity index (χ4n) is 2.65. The first-order valence-electron chi connectivity index (χ1n) is 10.0. The fourth-order valence-corrected chi connectivity index (χ4v) is 2.65. The summed E-state index contributed by atoms with van der Waals surface area (Å²) < 4.78 is 0. The van der Waals surface area contributed by atoms with Gasteiger partial charge in [-0.15, -0.1) is 0 Å². The second-order valence-corrected chi connectivity index (χ2v) is 7.15. The average Bonchev–Trinajstić information content (AvgIpc) is 2.74. The molecule has 1 aromatic carbocycles. The van der Waals surface area contributed by atoms with Crippen molar-refractivity contribution >= 4 is 29.7 Å². The van der Waals surface area contributed by atoms with Gasteiger partial charge in [-0.2, -0.15) is 0 Å². The van der Waals surface area contributed by atoms with E-state index in [-0.39, 0.29) is 18.9 Å². The summed E-state index contributed by atoms with van der Waals surface area (Å²) in [7, 11) is 0. The molecule has 0 bridgehead atoms. The summed E-state index contributed by atoms with van der Waals surface area (Å²) in [4.78, 5) is 51.6. The molecule has 0 aliphatic rings. The van der Waals surface area contributed by atoms with Gasteiger partial charge < -0.3 is 38.3 Å². The SMILES string of the molecule is C[C@H](NC(=O)[C@H](CCCN=C(N)N)NC(=O)CNC(=O)[C@@H](N)Cc1ccccc1)C(=O)O.